The molecule has 3 unspecified atom stereocenters. The van der Waals surface area contributed by atoms with Gasteiger partial charge in [0.1, 0.15) is 0 Å². The maximum atomic E-state index is 12.1. The number of carbonyl (C=O) groups excluding carboxylic acids is 1. The fourth-order valence-electron chi connectivity index (χ4n) is 2.87. The van der Waals surface area contributed by atoms with Gasteiger partial charge in [0.05, 0.1) is 12.4 Å². The van der Waals surface area contributed by atoms with Crippen molar-refractivity contribution in [1.82, 2.24) is 5.32 Å². The molecular weight excluding hydrogens is 282 g/mol. The van der Waals surface area contributed by atoms with Crippen LogP contribution >= 0.6 is 11.8 Å². The highest BCUT2D eigenvalue weighted by Crippen LogP contribution is 2.29. The molecule has 116 valence electrons. The topological polar surface area (TPSA) is 49.3 Å². The molecule has 1 aromatic carbocycles. The highest BCUT2D eigenvalue weighted by Gasteiger charge is 2.27. The summed E-state index contributed by atoms with van der Waals surface area (Å²) < 4.78 is 0. The number of thioether (sulfide) groups is 1. The van der Waals surface area contributed by atoms with E-state index in [1.807, 2.05) is 24.3 Å². The number of rotatable bonds is 5. The van der Waals surface area contributed by atoms with Crippen LogP contribution in [0.1, 0.15) is 38.7 Å². The summed E-state index contributed by atoms with van der Waals surface area (Å²) in [6, 6.07) is 8.03. The van der Waals surface area contributed by atoms with E-state index in [4.69, 9.17) is 5.11 Å². The van der Waals surface area contributed by atoms with Gasteiger partial charge in [-0.05, 0) is 36.0 Å². The van der Waals surface area contributed by atoms with E-state index in [9.17, 15) is 4.79 Å². The number of nitrogens with one attached hydrogen (secondary N) is 1. The smallest absolute Gasteiger partial charge is 0.230 e. The van der Waals surface area contributed by atoms with Gasteiger partial charge < -0.3 is 10.4 Å². The van der Waals surface area contributed by atoms with Crippen molar-refractivity contribution < 1.29 is 9.90 Å². The van der Waals surface area contributed by atoms with Gasteiger partial charge in [-0.1, -0.05) is 38.8 Å². The van der Waals surface area contributed by atoms with E-state index in [1.165, 1.54) is 12.8 Å². The largest absolute Gasteiger partial charge is 0.392 e. The summed E-state index contributed by atoms with van der Waals surface area (Å²) in [5.74, 6) is 1.84. The second-order valence-corrected chi connectivity index (χ2v) is 7.08. The molecule has 2 rings (SSSR count). The standard InChI is InChI=1S/C17H25NO2S/c1-12-4-3-5-16(13(12)2)18-17(20)11-21-15-8-6-14(10-19)7-9-15/h6-9,12-13,16,19H,3-5,10-11H2,1-2H3,(H,18,20). The van der Waals surface area contributed by atoms with Gasteiger partial charge in [-0.25, -0.2) is 0 Å². The fourth-order valence-corrected chi connectivity index (χ4v) is 3.58. The third-order valence-corrected chi connectivity index (χ3v) is 5.54. The Morgan fingerprint density at radius 1 is 1.29 bits per heavy atom. The van der Waals surface area contributed by atoms with Gasteiger partial charge in [-0.15, -0.1) is 11.8 Å². The molecule has 3 atom stereocenters. The van der Waals surface area contributed by atoms with Crippen molar-refractivity contribution in [2.75, 3.05) is 5.75 Å². The predicted octanol–water partition coefficient (Wildman–Crippen LogP) is 3.21. The van der Waals surface area contributed by atoms with Gasteiger partial charge in [0.2, 0.25) is 5.91 Å². The van der Waals surface area contributed by atoms with Gasteiger partial charge in [0, 0.05) is 10.9 Å². The van der Waals surface area contributed by atoms with Crippen LogP contribution < -0.4 is 5.32 Å². The van der Waals surface area contributed by atoms with Crippen LogP contribution in [0.25, 0.3) is 0 Å². The lowest BCUT2D eigenvalue weighted by Crippen LogP contribution is -2.44. The summed E-state index contributed by atoms with van der Waals surface area (Å²) in [5.41, 5.74) is 0.897. The van der Waals surface area contributed by atoms with E-state index in [0.717, 1.165) is 16.9 Å². The molecule has 21 heavy (non-hydrogen) atoms. The van der Waals surface area contributed by atoms with Crippen LogP contribution in [-0.2, 0) is 11.4 Å². The minimum absolute atomic E-state index is 0.0587. The molecule has 0 aromatic heterocycles. The van der Waals surface area contributed by atoms with E-state index in [1.54, 1.807) is 11.8 Å². The quantitative estimate of drug-likeness (QED) is 0.821. The minimum Gasteiger partial charge on any atom is -0.392 e. The Hall–Kier alpha value is -1.00. The first-order chi connectivity index (χ1) is 10.1. The van der Waals surface area contributed by atoms with Crippen LogP contribution in [-0.4, -0.2) is 22.8 Å². The highest BCUT2D eigenvalue weighted by atomic mass is 32.2. The van der Waals surface area contributed by atoms with Gasteiger partial charge in [-0.2, -0.15) is 0 Å². The summed E-state index contributed by atoms with van der Waals surface area (Å²) in [5, 5.41) is 12.2. The summed E-state index contributed by atoms with van der Waals surface area (Å²) >= 11 is 1.54. The van der Waals surface area contributed by atoms with Crippen molar-refractivity contribution in [2.24, 2.45) is 11.8 Å². The fraction of sp³-hybridized carbons (Fsp3) is 0.588. The first-order valence-corrected chi connectivity index (χ1v) is 8.70. The van der Waals surface area contributed by atoms with Crippen molar-refractivity contribution in [3.05, 3.63) is 29.8 Å². The number of amides is 1. The van der Waals surface area contributed by atoms with Crippen LogP contribution in [0.5, 0.6) is 0 Å². The lowest BCUT2D eigenvalue weighted by Gasteiger charge is -2.34. The molecular formula is C17H25NO2S. The molecule has 1 aromatic rings. The normalized spacial score (nSPS) is 25.6. The first kappa shape index (κ1) is 16.4. The van der Waals surface area contributed by atoms with Crippen LogP contribution in [0.15, 0.2) is 29.2 Å². The Morgan fingerprint density at radius 3 is 2.67 bits per heavy atom. The molecule has 1 fully saturated rings. The molecule has 1 aliphatic rings. The highest BCUT2D eigenvalue weighted by molar-refractivity contribution is 8.00. The van der Waals surface area contributed by atoms with E-state index in [0.29, 0.717) is 23.6 Å². The molecule has 0 radical (unpaired) electrons. The van der Waals surface area contributed by atoms with E-state index in [2.05, 4.69) is 19.2 Å². The SMILES string of the molecule is CC1CCCC(NC(=O)CSc2ccc(CO)cc2)C1C. The molecule has 0 spiro atoms. The number of aliphatic hydroxyl groups excluding tert-OH is 1. The Morgan fingerprint density at radius 2 is 2.00 bits per heavy atom. The summed E-state index contributed by atoms with van der Waals surface area (Å²) in [7, 11) is 0. The number of benzene rings is 1. The average Bonchev–Trinajstić information content (AvgIpc) is 2.50. The second-order valence-electron chi connectivity index (χ2n) is 6.03. The van der Waals surface area contributed by atoms with E-state index >= 15 is 0 Å². The van der Waals surface area contributed by atoms with Gasteiger partial charge >= 0.3 is 0 Å². The Bertz CT molecular complexity index is 460. The summed E-state index contributed by atoms with van der Waals surface area (Å²) in [6.07, 6.45) is 3.60. The maximum absolute atomic E-state index is 12.1. The molecule has 0 heterocycles. The van der Waals surface area contributed by atoms with E-state index < -0.39 is 0 Å². The minimum atomic E-state index is 0.0587. The Labute approximate surface area is 131 Å². The summed E-state index contributed by atoms with van der Waals surface area (Å²) in [6.45, 7) is 4.58. The maximum Gasteiger partial charge on any atom is 0.230 e. The van der Waals surface area contributed by atoms with Gasteiger partial charge in [0.15, 0.2) is 0 Å². The number of hydrogen-bond acceptors (Lipinski definition) is 3. The average molecular weight is 307 g/mol. The lowest BCUT2D eigenvalue weighted by atomic mass is 9.78. The van der Waals surface area contributed by atoms with Crippen LogP contribution in [0, 0.1) is 11.8 Å². The van der Waals surface area contributed by atoms with E-state index in [-0.39, 0.29) is 12.5 Å². The first-order valence-electron chi connectivity index (χ1n) is 7.72. The number of carbonyl (C=O) groups is 1. The third-order valence-electron chi connectivity index (χ3n) is 4.53. The van der Waals surface area contributed by atoms with Crippen molar-refractivity contribution in [2.45, 2.75) is 50.7 Å². The zero-order valence-corrected chi connectivity index (χ0v) is 13.7. The van der Waals surface area contributed by atoms with Gasteiger partial charge in [0.25, 0.3) is 0 Å². The number of hydrogen-bond donors (Lipinski definition) is 2. The summed E-state index contributed by atoms with van der Waals surface area (Å²) in [4.78, 5) is 13.2. The van der Waals surface area contributed by atoms with Crippen molar-refractivity contribution in [1.29, 1.82) is 0 Å². The zero-order valence-electron chi connectivity index (χ0n) is 12.8. The number of aliphatic hydroxyl groups is 1. The lowest BCUT2D eigenvalue weighted by molar-refractivity contribution is -0.119. The van der Waals surface area contributed by atoms with Crippen molar-refractivity contribution >= 4 is 17.7 Å². The van der Waals surface area contributed by atoms with Gasteiger partial charge in [-0.3, -0.25) is 4.79 Å². The van der Waals surface area contributed by atoms with Crippen LogP contribution in [0.4, 0.5) is 0 Å². The molecule has 1 saturated carbocycles. The van der Waals surface area contributed by atoms with Crippen LogP contribution in [0.2, 0.25) is 0 Å². The molecule has 4 heteroatoms. The molecule has 0 aliphatic heterocycles. The molecule has 1 aliphatic carbocycles. The molecule has 3 nitrogen and oxygen atoms in total. The molecule has 1 amide bonds. The molecule has 0 saturated heterocycles. The second kappa shape index (κ2) is 7.85. The Balaban J connectivity index is 1.78. The van der Waals surface area contributed by atoms with Crippen LogP contribution in [0.3, 0.4) is 0 Å². The third kappa shape index (κ3) is 4.75. The predicted molar refractivity (Wildman–Crippen MR) is 87.2 cm³/mol. The molecule has 0 bridgehead atoms. The van der Waals surface area contributed by atoms with Crippen molar-refractivity contribution in [3.63, 3.8) is 0 Å². The zero-order chi connectivity index (χ0) is 15.2. The van der Waals surface area contributed by atoms with Crippen molar-refractivity contribution in [3.8, 4) is 0 Å². The monoisotopic (exact) mass is 307 g/mol. The molecule has 2 N–H and O–H groups in total. The Kier molecular flexibility index (Phi) is 6.12.